The zero-order valence-electron chi connectivity index (χ0n) is 12.0. The van der Waals surface area contributed by atoms with Crippen LogP contribution in [0.5, 0.6) is 0 Å². The lowest BCUT2D eigenvalue weighted by Crippen LogP contribution is -2.41. The summed E-state index contributed by atoms with van der Waals surface area (Å²) in [4.78, 5) is 0. The van der Waals surface area contributed by atoms with E-state index in [1.807, 2.05) is 0 Å². The van der Waals surface area contributed by atoms with Gasteiger partial charge in [-0.1, -0.05) is 12.1 Å². The Hall–Kier alpha value is -0.900. The summed E-state index contributed by atoms with van der Waals surface area (Å²) < 4.78 is 0. The van der Waals surface area contributed by atoms with Crippen LogP contribution in [-0.2, 0) is 0 Å². The second-order valence-electron chi connectivity index (χ2n) is 5.55. The smallest absolute Gasteiger partial charge is 0.0973 e. The van der Waals surface area contributed by atoms with Crippen molar-refractivity contribution < 1.29 is 10.2 Å². The molecule has 0 spiro atoms. The van der Waals surface area contributed by atoms with E-state index in [4.69, 9.17) is 5.11 Å². The minimum Gasteiger partial charge on any atom is -0.393 e. The first kappa shape index (κ1) is 15.2. The maximum Gasteiger partial charge on any atom is 0.0973 e. The molecule has 2 atom stereocenters. The van der Waals surface area contributed by atoms with Crippen LogP contribution < -0.4 is 5.32 Å². The molecule has 0 bridgehead atoms. The molecule has 0 saturated carbocycles. The summed E-state index contributed by atoms with van der Waals surface area (Å²) in [6, 6.07) is 4.53. The second kappa shape index (κ2) is 5.83. The van der Waals surface area contributed by atoms with Crippen molar-refractivity contribution >= 4 is 0 Å². The summed E-state index contributed by atoms with van der Waals surface area (Å²) in [5.41, 5.74) is 4.00. The van der Waals surface area contributed by atoms with Gasteiger partial charge in [0.25, 0.3) is 0 Å². The van der Waals surface area contributed by atoms with E-state index in [0.29, 0.717) is 6.54 Å². The molecule has 1 aromatic carbocycles. The molecule has 3 nitrogen and oxygen atoms in total. The fraction of sp³-hybridized carbons (Fsp3) is 0.600. The predicted molar refractivity (Wildman–Crippen MR) is 74.8 cm³/mol. The van der Waals surface area contributed by atoms with Crippen LogP contribution >= 0.6 is 0 Å². The molecule has 3 N–H and O–H groups in total. The Bertz CT molecular complexity index is 413. The number of benzene rings is 1. The summed E-state index contributed by atoms with van der Waals surface area (Å²) in [6.45, 7) is 10.2. The first-order valence-electron chi connectivity index (χ1n) is 6.41. The van der Waals surface area contributed by atoms with Crippen molar-refractivity contribution in [2.45, 2.75) is 46.3 Å². The molecule has 1 rings (SSSR count). The zero-order chi connectivity index (χ0) is 13.9. The third-order valence-corrected chi connectivity index (χ3v) is 3.48. The average molecular weight is 251 g/mol. The van der Waals surface area contributed by atoms with E-state index in [-0.39, 0.29) is 12.6 Å². The van der Waals surface area contributed by atoms with Crippen LogP contribution in [-0.4, -0.2) is 29.0 Å². The van der Waals surface area contributed by atoms with Crippen LogP contribution in [0.3, 0.4) is 0 Å². The van der Waals surface area contributed by atoms with Gasteiger partial charge in [-0.15, -0.1) is 0 Å². The van der Waals surface area contributed by atoms with Crippen LogP contribution in [0, 0.1) is 20.8 Å². The van der Waals surface area contributed by atoms with Gasteiger partial charge in [0.05, 0.1) is 12.2 Å². The highest BCUT2D eigenvalue weighted by atomic mass is 16.3. The standard InChI is InChI=1S/C15H25NO2/c1-10-6-12(3)14(7-11(10)2)13(4)16-8-15(5,18)9-17/h6-7,13,16-18H,8-9H2,1-5H3. The van der Waals surface area contributed by atoms with E-state index in [9.17, 15) is 5.11 Å². The molecule has 0 aliphatic heterocycles. The van der Waals surface area contributed by atoms with E-state index in [1.54, 1.807) is 6.92 Å². The average Bonchev–Trinajstić information content (AvgIpc) is 2.31. The van der Waals surface area contributed by atoms with E-state index >= 15 is 0 Å². The molecule has 2 unspecified atom stereocenters. The highest BCUT2D eigenvalue weighted by Crippen LogP contribution is 2.21. The molecule has 0 saturated heterocycles. The van der Waals surface area contributed by atoms with Crippen molar-refractivity contribution in [3.05, 3.63) is 34.4 Å². The van der Waals surface area contributed by atoms with Crippen LogP contribution in [0.1, 0.15) is 42.1 Å². The molecule has 18 heavy (non-hydrogen) atoms. The Labute approximate surface area is 110 Å². The van der Waals surface area contributed by atoms with Crippen LogP contribution in [0.25, 0.3) is 0 Å². The molecule has 3 heteroatoms. The lowest BCUT2D eigenvalue weighted by atomic mass is 9.96. The highest BCUT2D eigenvalue weighted by molar-refractivity contribution is 5.38. The number of aliphatic hydroxyl groups is 2. The van der Waals surface area contributed by atoms with Crippen molar-refractivity contribution in [1.29, 1.82) is 0 Å². The van der Waals surface area contributed by atoms with E-state index < -0.39 is 5.60 Å². The molecule has 0 aliphatic rings. The van der Waals surface area contributed by atoms with Gasteiger partial charge in [-0.2, -0.15) is 0 Å². The molecule has 0 amide bonds. The number of hydrogen-bond acceptors (Lipinski definition) is 3. The number of rotatable bonds is 5. The largest absolute Gasteiger partial charge is 0.393 e. The van der Waals surface area contributed by atoms with Crippen molar-refractivity contribution in [3.63, 3.8) is 0 Å². The van der Waals surface area contributed by atoms with Gasteiger partial charge in [0.2, 0.25) is 0 Å². The SMILES string of the molecule is Cc1cc(C)c(C(C)NCC(C)(O)CO)cc1C. The summed E-state index contributed by atoms with van der Waals surface area (Å²) in [5, 5.41) is 22.1. The van der Waals surface area contributed by atoms with E-state index in [2.05, 4.69) is 45.1 Å². The maximum absolute atomic E-state index is 9.77. The van der Waals surface area contributed by atoms with Crippen LogP contribution in [0.4, 0.5) is 0 Å². The van der Waals surface area contributed by atoms with Crippen LogP contribution in [0.15, 0.2) is 12.1 Å². The Morgan fingerprint density at radius 3 is 2.28 bits per heavy atom. The van der Waals surface area contributed by atoms with Gasteiger partial charge in [0.1, 0.15) is 0 Å². The topological polar surface area (TPSA) is 52.5 Å². The molecule has 102 valence electrons. The third-order valence-electron chi connectivity index (χ3n) is 3.48. The quantitative estimate of drug-likeness (QED) is 0.750. The molecule has 1 aromatic rings. The molecular weight excluding hydrogens is 226 g/mol. The Morgan fingerprint density at radius 1 is 1.17 bits per heavy atom. The number of hydrogen-bond donors (Lipinski definition) is 3. The molecule has 0 radical (unpaired) electrons. The highest BCUT2D eigenvalue weighted by Gasteiger charge is 2.20. The number of aliphatic hydroxyl groups excluding tert-OH is 1. The first-order chi connectivity index (χ1) is 8.26. The normalized spacial score (nSPS) is 16.4. The van der Waals surface area contributed by atoms with Crippen molar-refractivity contribution in [2.75, 3.05) is 13.2 Å². The van der Waals surface area contributed by atoms with E-state index in [0.717, 1.165) is 0 Å². The minimum absolute atomic E-state index is 0.155. The first-order valence-corrected chi connectivity index (χ1v) is 6.41. The van der Waals surface area contributed by atoms with Gasteiger partial charge in [-0.3, -0.25) is 0 Å². The van der Waals surface area contributed by atoms with E-state index in [1.165, 1.54) is 22.3 Å². The van der Waals surface area contributed by atoms with Gasteiger partial charge in [-0.05, 0) is 56.9 Å². The fourth-order valence-electron chi connectivity index (χ4n) is 1.99. The predicted octanol–water partition coefficient (Wildman–Crippen LogP) is 2.01. The molecule has 0 fully saturated rings. The van der Waals surface area contributed by atoms with Gasteiger partial charge in [0, 0.05) is 12.6 Å². The summed E-state index contributed by atoms with van der Waals surface area (Å²) >= 11 is 0. The monoisotopic (exact) mass is 251 g/mol. The molecule has 0 heterocycles. The van der Waals surface area contributed by atoms with Crippen molar-refractivity contribution in [1.82, 2.24) is 5.32 Å². The van der Waals surface area contributed by atoms with Crippen molar-refractivity contribution in [2.24, 2.45) is 0 Å². The summed E-state index contributed by atoms with van der Waals surface area (Å²) in [6.07, 6.45) is 0. The number of aryl methyl sites for hydroxylation is 3. The number of nitrogens with one attached hydrogen (secondary N) is 1. The lowest BCUT2D eigenvalue weighted by molar-refractivity contribution is 0.00104. The Kier molecular flexibility index (Phi) is 4.91. The Morgan fingerprint density at radius 2 is 1.72 bits per heavy atom. The van der Waals surface area contributed by atoms with Gasteiger partial charge in [0.15, 0.2) is 0 Å². The van der Waals surface area contributed by atoms with Gasteiger partial charge < -0.3 is 15.5 Å². The maximum atomic E-state index is 9.77. The lowest BCUT2D eigenvalue weighted by Gasteiger charge is -2.25. The summed E-state index contributed by atoms with van der Waals surface area (Å²) in [7, 11) is 0. The molecule has 0 aliphatic carbocycles. The van der Waals surface area contributed by atoms with Crippen molar-refractivity contribution in [3.8, 4) is 0 Å². The van der Waals surface area contributed by atoms with Crippen LogP contribution in [0.2, 0.25) is 0 Å². The molecular formula is C15H25NO2. The van der Waals surface area contributed by atoms with Gasteiger partial charge >= 0.3 is 0 Å². The van der Waals surface area contributed by atoms with Gasteiger partial charge in [-0.25, -0.2) is 0 Å². The Balaban J connectivity index is 2.79. The fourth-order valence-corrected chi connectivity index (χ4v) is 1.99. The minimum atomic E-state index is -1.07. The zero-order valence-corrected chi connectivity index (χ0v) is 12.0. The second-order valence-corrected chi connectivity index (χ2v) is 5.55. The summed E-state index contributed by atoms with van der Waals surface area (Å²) in [5.74, 6) is 0. The molecule has 0 aromatic heterocycles. The third kappa shape index (κ3) is 3.80.